The maximum absolute atomic E-state index is 12.4. The minimum Gasteiger partial charge on any atom is -0.493 e. The first kappa shape index (κ1) is 22.4. The molecule has 0 aliphatic rings. The number of ether oxygens (including phenoxy) is 1. The van der Waals surface area contributed by atoms with E-state index in [1.165, 1.54) is 0 Å². The van der Waals surface area contributed by atoms with Crippen LogP contribution < -0.4 is 10.5 Å². The van der Waals surface area contributed by atoms with Crippen molar-refractivity contribution in [3.8, 4) is 5.75 Å². The number of hydrogen-bond acceptors (Lipinski definition) is 5. The Morgan fingerprint density at radius 2 is 1.75 bits per heavy atom. The van der Waals surface area contributed by atoms with Gasteiger partial charge in [0.1, 0.15) is 11.3 Å². The predicted molar refractivity (Wildman–Crippen MR) is 90.8 cm³/mol. The number of carboxylic acid groups (broad SMARTS) is 1. The van der Waals surface area contributed by atoms with E-state index in [0.717, 1.165) is 6.07 Å². The molecule has 0 heterocycles. The van der Waals surface area contributed by atoms with E-state index in [1.807, 2.05) is 18.2 Å². The van der Waals surface area contributed by atoms with Gasteiger partial charge in [-0.15, -0.1) is 0 Å². The lowest BCUT2D eigenvalue weighted by Gasteiger charge is -2.07. The van der Waals surface area contributed by atoms with E-state index in [-0.39, 0.29) is 13.0 Å². The molecule has 28 heavy (non-hydrogen) atoms. The number of amides is 1. The number of carbonyl (C=O) groups excluding carboxylic acids is 1. The number of para-hydroxylation sites is 1. The first-order chi connectivity index (χ1) is 13.0. The summed E-state index contributed by atoms with van der Waals surface area (Å²) in [4.78, 5) is 29.9. The maximum atomic E-state index is 12.4. The molecule has 2 aromatic carbocycles. The maximum Gasteiger partial charge on any atom is 0.423 e. The van der Waals surface area contributed by atoms with Gasteiger partial charge in [0.05, 0.1) is 18.0 Å². The normalized spacial score (nSPS) is 10.4. The van der Waals surface area contributed by atoms with Crippen molar-refractivity contribution in [3.05, 3.63) is 69.8 Å². The Balaban J connectivity index is 0.000000292. The second-order valence-corrected chi connectivity index (χ2v) is 5.16. The highest BCUT2D eigenvalue weighted by molar-refractivity contribution is 5.93. The molecule has 0 radical (unpaired) electrons. The molecular weight excluding hydrogens is 385 g/mol. The first-order valence-corrected chi connectivity index (χ1v) is 7.57. The van der Waals surface area contributed by atoms with Gasteiger partial charge in [0.15, 0.2) is 0 Å². The molecule has 0 atom stereocenters. The number of primary amides is 1. The van der Waals surface area contributed by atoms with Crippen LogP contribution in [0, 0.1) is 10.1 Å². The van der Waals surface area contributed by atoms with Crippen LogP contribution in [0.2, 0.25) is 0 Å². The number of hydrogen-bond donors (Lipinski definition) is 2. The molecule has 0 unspecified atom stereocenters. The predicted octanol–water partition coefficient (Wildman–Crippen LogP) is 3.25. The molecule has 150 valence electrons. The van der Waals surface area contributed by atoms with Crippen molar-refractivity contribution >= 4 is 17.6 Å². The second kappa shape index (κ2) is 9.90. The van der Waals surface area contributed by atoms with Crippen LogP contribution >= 0.6 is 0 Å². The smallest absolute Gasteiger partial charge is 0.423 e. The van der Waals surface area contributed by atoms with Gasteiger partial charge in [-0.2, -0.15) is 13.2 Å². The summed E-state index contributed by atoms with van der Waals surface area (Å²) in [5.74, 6) is -1.22. The molecule has 0 spiro atoms. The van der Waals surface area contributed by atoms with Crippen LogP contribution in [0.3, 0.4) is 0 Å². The summed E-state index contributed by atoms with van der Waals surface area (Å²) in [6, 6.07) is 11.0. The molecule has 0 fully saturated rings. The first-order valence-electron chi connectivity index (χ1n) is 7.57. The topological polar surface area (TPSA) is 133 Å². The van der Waals surface area contributed by atoms with Crippen LogP contribution in [-0.2, 0) is 11.0 Å². The molecule has 3 N–H and O–H groups in total. The Bertz CT molecular complexity index is 841. The number of alkyl halides is 3. The van der Waals surface area contributed by atoms with Crippen molar-refractivity contribution < 1.29 is 37.5 Å². The Labute approximate surface area is 156 Å². The van der Waals surface area contributed by atoms with E-state index in [9.17, 15) is 32.9 Å². The average Bonchev–Trinajstić information content (AvgIpc) is 2.61. The lowest BCUT2D eigenvalue weighted by atomic mass is 10.1. The fraction of sp³-hybridized carbons (Fsp3) is 0.176. The summed E-state index contributed by atoms with van der Waals surface area (Å²) in [5, 5.41) is 18.7. The Hall–Kier alpha value is -3.63. The van der Waals surface area contributed by atoms with Gasteiger partial charge in [-0.3, -0.25) is 19.7 Å². The summed E-state index contributed by atoms with van der Waals surface area (Å²) in [7, 11) is 0. The zero-order valence-corrected chi connectivity index (χ0v) is 14.2. The van der Waals surface area contributed by atoms with Gasteiger partial charge in [-0.25, -0.2) is 0 Å². The number of aliphatic carboxylic acids is 1. The number of nitrogens with zero attached hydrogens (tertiary/aromatic N) is 1. The number of nitrogens with two attached hydrogens (primary N) is 1. The van der Waals surface area contributed by atoms with Crippen molar-refractivity contribution in [2.75, 3.05) is 6.61 Å². The number of carbonyl (C=O) groups is 2. The summed E-state index contributed by atoms with van der Waals surface area (Å²) in [5.41, 5.74) is 1.74. The van der Waals surface area contributed by atoms with Gasteiger partial charge in [-0.1, -0.05) is 18.2 Å². The Morgan fingerprint density at radius 3 is 2.21 bits per heavy atom. The van der Waals surface area contributed by atoms with E-state index >= 15 is 0 Å². The molecular formula is C17H15F3N2O6. The average molecular weight is 400 g/mol. The number of rotatable bonds is 6. The number of halogens is 3. The van der Waals surface area contributed by atoms with Crippen molar-refractivity contribution in [3.63, 3.8) is 0 Å². The lowest BCUT2D eigenvalue weighted by molar-refractivity contribution is -0.388. The summed E-state index contributed by atoms with van der Waals surface area (Å²) in [6.07, 6.45) is -4.87. The Kier molecular flexibility index (Phi) is 7.92. The molecule has 2 aromatic rings. The summed E-state index contributed by atoms with van der Waals surface area (Å²) in [6.45, 7) is 0.222. The van der Waals surface area contributed by atoms with Crippen LogP contribution in [0.25, 0.3) is 0 Å². The van der Waals surface area contributed by atoms with E-state index in [2.05, 4.69) is 0 Å². The van der Waals surface area contributed by atoms with Gasteiger partial charge in [-0.05, 0) is 24.3 Å². The third kappa shape index (κ3) is 7.32. The van der Waals surface area contributed by atoms with Crippen molar-refractivity contribution in [1.29, 1.82) is 0 Å². The monoisotopic (exact) mass is 400 g/mol. The zero-order chi connectivity index (χ0) is 21.3. The quantitative estimate of drug-likeness (QED) is 0.565. The van der Waals surface area contributed by atoms with E-state index < -0.39 is 39.8 Å². The van der Waals surface area contributed by atoms with Crippen LogP contribution in [0.4, 0.5) is 18.9 Å². The minimum atomic E-state index is -4.91. The van der Waals surface area contributed by atoms with Crippen LogP contribution in [0.1, 0.15) is 22.3 Å². The van der Waals surface area contributed by atoms with Gasteiger partial charge in [0.25, 0.3) is 5.69 Å². The SMILES string of the molecule is NC(=O)c1ccc([N+](=O)[O-])c(C(F)(F)F)c1.O=C(O)CCOc1ccccc1. The van der Waals surface area contributed by atoms with Crippen molar-refractivity contribution in [2.24, 2.45) is 5.73 Å². The third-order valence-corrected chi connectivity index (χ3v) is 3.11. The van der Waals surface area contributed by atoms with Gasteiger partial charge < -0.3 is 15.6 Å². The highest BCUT2D eigenvalue weighted by Crippen LogP contribution is 2.36. The molecule has 1 amide bonds. The zero-order valence-electron chi connectivity index (χ0n) is 14.2. The van der Waals surface area contributed by atoms with Crippen LogP contribution in [-0.4, -0.2) is 28.5 Å². The molecule has 11 heteroatoms. The summed E-state index contributed by atoms with van der Waals surface area (Å²) < 4.78 is 42.3. The number of carboxylic acids is 1. The summed E-state index contributed by atoms with van der Waals surface area (Å²) >= 11 is 0. The van der Waals surface area contributed by atoms with E-state index in [1.54, 1.807) is 12.1 Å². The molecule has 0 saturated heterocycles. The van der Waals surface area contributed by atoms with Crippen molar-refractivity contribution in [2.45, 2.75) is 12.6 Å². The second-order valence-electron chi connectivity index (χ2n) is 5.16. The van der Waals surface area contributed by atoms with Gasteiger partial charge in [0, 0.05) is 11.6 Å². The number of nitro groups is 1. The molecule has 0 bridgehead atoms. The molecule has 0 aliphatic carbocycles. The van der Waals surface area contributed by atoms with E-state index in [0.29, 0.717) is 17.9 Å². The molecule has 8 nitrogen and oxygen atoms in total. The number of benzene rings is 2. The molecule has 0 aromatic heterocycles. The van der Waals surface area contributed by atoms with E-state index in [4.69, 9.17) is 15.6 Å². The Morgan fingerprint density at radius 1 is 1.14 bits per heavy atom. The third-order valence-electron chi connectivity index (χ3n) is 3.11. The van der Waals surface area contributed by atoms with Crippen LogP contribution in [0.5, 0.6) is 5.75 Å². The van der Waals surface area contributed by atoms with Gasteiger partial charge in [0.2, 0.25) is 5.91 Å². The minimum absolute atomic E-state index is 0.0366. The fourth-order valence-corrected chi connectivity index (χ4v) is 1.85. The highest BCUT2D eigenvalue weighted by Gasteiger charge is 2.38. The van der Waals surface area contributed by atoms with Gasteiger partial charge >= 0.3 is 12.1 Å². The largest absolute Gasteiger partial charge is 0.493 e. The lowest BCUT2D eigenvalue weighted by Crippen LogP contribution is -2.15. The van der Waals surface area contributed by atoms with Crippen LogP contribution in [0.15, 0.2) is 48.5 Å². The standard InChI is InChI=1S/C9H10O3.C8H5F3N2O3/c10-9(11)6-7-12-8-4-2-1-3-5-8;9-8(10,11)5-3-4(7(12)14)1-2-6(5)13(15)16/h1-5H,6-7H2,(H,10,11);1-3H,(H2,12,14). The molecule has 0 saturated carbocycles. The van der Waals surface area contributed by atoms with Crippen molar-refractivity contribution in [1.82, 2.24) is 0 Å². The fourth-order valence-electron chi connectivity index (χ4n) is 1.85. The number of nitro benzene ring substituents is 1. The molecule has 0 aliphatic heterocycles. The molecule has 2 rings (SSSR count). The highest BCUT2D eigenvalue weighted by atomic mass is 19.4.